The van der Waals surface area contributed by atoms with Gasteiger partial charge in [-0.15, -0.1) is 0 Å². The van der Waals surface area contributed by atoms with Crippen molar-refractivity contribution in [2.24, 2.45) is 23.3 Å². The number of carbonyl (C=O) groups is 16. The number of nitrogens with two attached hydrogens (primary N) is 2. The minimum absolute atomic E-state index is 0.0406. The van der Waals surface area contributed by atoms with Crippen LogP contribution in [0.5, 0.6) is 5.75 Å². The predicted molar refractivity (Wildman–Crippen MR) is 424 cm³/mol. The molecule has 44 nitrogen and oxygen atoms in total. The number of anilines is 1. The van der Waals surface area contributed by atoms with Crippen LogP contribution >= 0.6 is 0 Å². The third-order valence-electron chi connectivity index (χ3n) is 19.1. The Morgan fingerprint density at radius 2 is 1.19 bits per heavy atom. The zero-order valence-electron chi connectivity index (χ0n) is 67.1. The van der Waals surface area contributed by atoms with Crippen molar-refractivity contribution < 1.29 is 96.4 Å². The van der Waals surface area contributed by atoms with E-state index in [1.54, 1.807) is 43.0 Å². The minimum atomic E-state index is -2.90. The van der Waals surface area contributed by atoms with Gasteiger partial charge in [0.15, 0.2) is 5.65 Å². The quantitative estimate of drug-likeness (QED) is 0.0125. The van der Waals surface area contributed by atoms with Crippen LogP contribution in [0.4, 0.5) is 10.3 Å². The molecule has 2 aromatic carbocycles. The summed E-state index contributed by atoms with van der Waals surface area (Å²) in [6, 6.07) is 2.64. The number of amides is 16. The van der Waals surface area contributed by atoms with Gasteiger partial charge in [-0.2, -0.15) is 4.98 Å². The topological polar surface area (TPSA) is 640 Å². The molecule has 120 heavy (non-hydrogen) atoms. The number of halogens is 1. The van der Waals surface area contributed by atoms with Crippen molar-refractivity contribution in [1.29, 1.82) is 0 Å². The Balaban J connectivity index is 0.879. The summed E-state index contributed by atoms with van der Waals surface area (Å²) in [5.41, 5.74) is 13.6. The number of carbonyl (C=O) groups excluding carboxylic acids is 16. The number of alkyl halides is 1. The van der Waals surface area contributed by atoms with Gasteiger partial charge >= 0.3 is 0 Å². The maximum Gasteiger partial charge on any atom is 0.276 e. The third kappa shape index (κ3) is 29.4. The van der Waals surface area contributed by atoms with E-state index in [0.717, 1.165) is 11.8 Å². The minimum Gasteiger partial charge on any atom is -0.508 e. The number of aromatic nitrogens is 7. The molecular weight excluding hydrogens is 1570 g/mol. The number of likely N-dealkylation sites (N-methyl/N-ethyl adjacent to an activating group) is 1. The van der Waals surface area contributed by atoms with Crippen molar-refractivity contribution in [3.63, 3.8) is 0 Å². The number of benzene rings is 2. The van der Waals surface area contributed by atoms with Gasteiger partial charge in [-0.1, -0.05) is 64.4 Å². The first-order chi connectivity index (χ1) is 56.9. The highest BCUT2D eigenvalue weighted by Crippen LogP contribution is 2.21. The average molecular weight is 1680 g/mol. The summed E-state index contributed by atoms with van der Waals surface area (Å²) >= 11 is 0. The summed E-state index contributed by atoms with van der Waals surface area (Å²) in [6.45, 7) is 6.29. The summed E-state index contributed by atoms with van der Waals surface area (Å²) in [6.07, 6.45) is 0.390. The van der Waals surface area contributed by atoms with Crippen LogP contribution in [-0.4, -0.2) is 288 Å². The van der Waals surface area contributed by atoms with Crippen LogP contribution in [0.15, 0.2) is 79.8 Å². The average Bonchev–Trinajstić information content (AvgIpc) is 1.70. The van der Waals surface area contributed by atoms with Gasteiger partial charge in [-0.3, -0.25) is 76.7 Å². The molecule has 45 heteroatoms. The molecule has 650 valence electrons. The van der Waals surface area contributed by atoms with Crippen LogP contribution in [0.3, 0.4) is 0 Å². The molecule has 6 aromatic rings. The van der Waals surface area contributed by atoms with Crippen LogP contribution in [0.1, 0.15) is 84.0 Å². The number of para-hydroxylation sites is 1. The van der Waals surface area contributed by atoms with Gasteiger partial charge < -0.3 is 125 Å². The molecule has 11 unspecified atom stereocenters. The second kappa shape index (κ2) is 45.4. The van der Waals surface area contributed by atoms with Crippen molar-refractivity contribution in [3.05, 3.63) is 96.6 Å². The smallest absolute Gasteiger partial charge is 0.276 e. The Hall–Kier alpha value is -13.3. The maximum absolute atomic E-state index is 16.2. The molecule has 0 aliphatic carbocycles. The summed E-state index contributed by atoms with van der Waals surface area (Å²) in [5, 5.41) is 61.3. The van der Waals surface area contributed by atoms with Gasteiger partial charge in [0.25, 0.3) is 12.2 Å². The Morgan fingerprint density at radius 1 is 0.600 bits per heavy atom. The van der Waals surface area contributed by atoms with Crippen LogP contribution < -0.4 is 85.5 Å². The Kier molecular flexibility index (Phi) is 35.5. The van der Waals surface area contributed by atoms with Crippen LogP contribution in [-0.2, 0) is 103 Å². The van der Waals surface area contributed by atoms with Crippen molar-refractivity contribution >= 4 is 123 Å². The summed E-state index contributed by atoms with van der Waals surface area (Å²) in [5.74, 6) is -14.4. The fraction of sp³-hybridized carbons (Fsp3) is 0.493. The van der Waals surface area contributed by atoms with Crippen molar-refractivity contribution in [1.82, 2.24) is 113 Å². The number of rotatable bonds is 45. The second-order valence-corrected chi connectivity index (χ2v) is 29.1. The van der Waals surface area contributed by atoms with E-state index in [1.165, 1.54) is 74.0 Å². The number of nitrogens with one attached hydrogen (secondary N) is 15. The lowest BCUT2D eigenvalue weighted by Gasteiger charge is -2.34. The highest BCUT2D eigenvalue weighted by atomic mass is 19.1. The Morgan fingerprint density at radius 3 is 1.80 bits per heavy atom. The molecule has 4 aromatic heterocycles. The fourth-order valence-electron chi connectivity index (χ4n) is 12.5. The Labute approximate surface area is 686 Å². The number of aromatic amines is 2. The maximum atomic E-state index is 16.2. The number of aliphatic hydroxyl groups is 2. The number of H-pyrrole nitrogens is 2. The lowest BCUT2D eigenvalue weighted by atomic mass is 9.98. The number of aromatic hydroxyl groups is 1. The number of phenolic OH excluding ortho intramolecular Hbond substituents is 1. The van der Waals surface area contributed by atoms with E-state index in [1.807, 2.05) is 24.1 Å². The molecule has 16 amide bonds. The Bertz CT molecular complexity index is 4610. The number of aliphatic hydroxyl groups excluding tert-OH is 2. The standard InChI is InChI=1S/C75H104FN25O19/c1-8-40(4)63(89-42(6)103)71(117)85-34-62(112)99-19-21-100(22-20-99)75-86-29-54-67(97-75)88-38-101(54)36-60(110)81-30-56(106)93-53(26-45-28-79-37-87-45)69(115)82-31-58(108)92-51(23-39(2)3)70(116)96-65(76)73(119)94-52(25-44-27-80-48-12-10-9-11-47(44)48)68(114)83-33-59(109)95-64(41(5)102)72(118)84-32-57(107)90-49(17-18-55(77)105)74(120)98(7)35-61(111)91-50(66(78)113)24-43-13-15-46(104)16-14-43/h9-16,27-29,37-41,49-53,55,63-65,80,102,104-105H,8,17-26,30-36,77H2,1-7H3,(H2,78,113)(H,79,87)(H,81,110)(H,82,115)(H,83,114)(H,84,118)(H,85,117)(H,89,103)(H,90,107)(H,91,111)(H,92,108)(H,93,106)(H,94,119)(H,95,109)(H,96,116). The number of imidazole rings is 2. The SMILES string of the molecule is CCC(C)C(NC(C)=O)C(=O)NCC(=O)N1CCN(c2ncc3c(ncn3CC(=O)NCC(=O)NC(Cc3cnc[nH]3)C(=O)NCC(=O)NC(CC(C)C)C(=O)NC(F)C(=O)NC(Cc3c[nH]c4ccccc34)C(=O)NCC(=O)NC(C(=O)NCC(=O)NC(CCC(N)O)C(=O)N(C)CC(=O)NC(Cc3ccc(O)cc3)C(N)=O)C(C)O)n2)CC1. The third-order valence-corrected chi connectivity index (χ3v) is 19.1. The normalized spacial score (nSPS) is 14.7. The van der Waals surface area contributed by atoms with Gasteiger partial charge in [0.05, 0.1) is 64.2 Å². The molecule has 1 aliphatic heterocycles. The molecule has 0 radical (unpaired) electrons. The van der Waals surface area contributed by atoms with Crippen LogP contribution in [0.2, 0.25) is 0 Å². The lowest BCUT2D eigenvalue weighted by molar-refractivity contribution is -0.139. The van der Waals surface area contributed by atoms with E-state index in [-0.39, 0.29) is 86.7 Å². The summed E-state index contributed by atoms with van der Waals surface area (Å²) < 4.78 is 17.6. The number of primary amides is 1. The monoisotopic (exact) mass is 1680 g/mol. The molecule has 0 saturated carbocycles. The van der Waals surface area contributed by atoms with E-state index < -0.39 is 176 Å². The van der Waals surface area contributed by atoms with Gasteiger partial charge in [0.2, 0.25) is 94.6 Å². The second-order valence-electron chi connectivity index (χ2n) is 29.1. The summed E-state index contributed by atoms with van der Waals surface area (Å²) in [4.78, 5) is 240. The first kappa shape index (κ1) is 93.8. The van der Waals surface area contributed by atoms with Crippen LogP contribution in [0, 0.1) is 11.8 Å². The predicted octanol–water partition coefficient (Wildman–Crippen LogP) is -7.01. The molecule has 1 aliphatic rings. The molecule has 7 rings (SSSR count). The molecule has 11 atom stereocenters. The van der Waals surface area contributed by atoms with E-state index >= 15 is 4.39 Å². The highest BCUT2D eigenvalue weighted by Gasteiger charge is 2.35. The zero-order chi connectivity index (χ0) is 88.0. The largest absolute Gasteiger partial charge is 0.508 e. The van der Waals surface area contributed by atoms with Gasteiger partial charge in [-0.25, -0.2) is 19.3 Å². The number of phenols is 1. The number of nitrogens with zero attached hydrogens (tertiary/aromatic N) is 8. The number of piperazine rings is 1. The molecule has 5 heterocycles. The fourth-order valence-corrected chi connectivity index (χ4v) is 12.5. The van der Waals surface area contributed by atoms with E-state index in [0.29, 0.717) is 71.8 Å². The van der Waals surface area contributed by atoms with E-state index in [9.17, 15) is 92.0 Å². The van der Waals surface area contributed by atoms with Crippen molar-refractivity contribution in [2.75, 3.05) is 77.4 Å². The van der Waals surface area contributed by atoms with Crippen molar-refractivity contribution in [2.45, 2.75) is 154 Å². The number of hydrogen-bond donors (Lipinski definition) is 20. The number of hydrogen-bond acceptors (Lipinski definition) is 25. The van der Waals surface area contributed by atoms with Gasteiger partial charge in [0.1, 0.15) is 66.3 Å². The van der Waals surface area contributed by atoms with E-state index in [4.69, 9.17) is 11.5 Å². The first-order valence-corrected chi connectivity index (χ1v) is 38.5. The molecule has 1 fully saturated rings. The van der Waals surface area contributed by atoms with Gasteiger partial charge in [-0.05, 0) is 67.3 Å². The zero-order valence-corrected chi connectivity index (χ0v) is 67.1. The van der Waals surface area contributed by atoms with Gasteiger partial charge in [0, 0.05) is 88.4 Å². The van der Waals surface area contributed by atoms with Crippen molar-refractivity contribution in [3.8, 4) is 5.75 Å². The molecule has 0 bridgehead atoms. The highest BCUT2D eigenvalue weighted by molar-refractivity contribution is 5.99. The lowest BCUT2D eigenvalue weighted by Crippen LogP contribution is -2.58. The summed E-state index contributed by atoms with van der Waals surface area (Å²) in [7, 11) is 1.20. The molecule has 22 N–H and O–H groups in total. The number of fused-ring (bicyclic) bond motifs is 2. The molecular formula is C75H104FN25O19. The first-order valence-electron chi connectivity index (χ1n) is 38.5. The molecule has 1 saturated heterocycles. The van der Waals surface area contributed by atoms with Crippen LogP contribution in [0.25, 0.3) is 22.1 Å². The van der Waals surface area contributed by atoms with E-state index in [2.05, 4.69) is 93.7 Å². The molecule has 0 spiro atoms.